The molecule has 18 atom stereocenters. The third kappa shape index (κ3) is 20.6. The predicted molar refractivity (Wildman–Crippen MR) is 459 cm³/mol. The van der Waals surface area contributed by atoms with Gasteiger partial charge in [-0.15, -0.1) is 0 Å². The van der Waals surface area contributed by atoms with Gasteiger partial charge in [-0.3, -0.25) is 48.5 Å². The fourth-order valence-electron chi connectivity index (χ4n) is 18.7. The van der Waals surface area contributed by atoms with Gasteiger partial charge in [0.2, 0.25) is 59.3 Å². The number of halogens is 1. The van der Waals surface area contributed by atoms with E-state index in [1.165, 1.54) is 76.3 Å². The maximum Gasteiger partial charge on any atom is 0.257 e. The zero-order valence-electron chi connectivity index (χ0n) is 72.1. The van der Waals surface area contributed by atoms with Gasteiger partial charge in [0.1, 0.15) is 109 Å². The van der Waals surface area contributed by atoms with Crippen LogP contribution in [-0.4, -0.2) is 238 Å². The normalized spacial score (nSPS) is 29.7. The second-order valence-corrected chi connectivity index (χ2v) is 35.6. The molecule has 22 N–H and O–H groups in total. The maximum absolute atomic E-state index is 16.8. The van der Waals surface area contributed by atoms with E-state index in [0.29, 0.717) is 24.9 Å². The van der Waals surface area contributed by atoms with Crippen molar-refractivity contribution >= 4 is 64.8 Å². The number of phenolic OH excluding ortho intramolecular Hbond substituents is 3. The largest absolute Gasteiger partial charge is 0.508 e. The van der Waals surface area contributed by atoms with Gasteiger partial charge in [-0.25, -0.2) is 0 Å². The molecule has 6 aromatic rings. The van der Waals surface area contributed by atoms with Crippen molar-refractivity contribution in [1.82, 2.24) is 58.5 Å². The van der Waals surface area contributed by atoms with Gasteiger partial charge in [0.25, 0.3) is 5.91 Å². The van der Waals surface area contributed by atoms with Crippen molar-refractivity contribution in [2.75, 3.05) is 54.1 Å². The molecular weight excluding hydrogens is 1700 g/mol. The van der Waals surface area contributed by atoms with Crippen LogP contribution in [0.2, 0.25) is 5.02 Å². The quantitative estimate of drug-likeness (QED) is 0.0409. The number of aromatic hydroxyl groups is 3. The van der Waals surface area contributed by atoms with Crippen molar-refractivity contribution in [3.63, 3.8) is 0 Å². The summed E-state index contributed by atoms with van der Waals surface area (Å²) in [6.45, 7) is 8.27. The number of fused-ring (bicyclic) bond motifs is 15. The van der Waals surface area contributed by atoms with Crippen LogP contribution in [0.5, 0.6) is 57.5 Å². The van der Waals surface area contributed by atoms with Crippen LogP contribution >= 0.6 is 11.6 Å². The van der Waals surface area contributed by atoms with Crippen molar-refractivity contribution in [2.24, 2.45) is 35.3 Å². The minimum absolute atomic E-state index is 0.0531. The molecule has 7 heterocycles. The minimum Gasteiger partial charge on any atom is -0.508 e. The van der Waals surface area contributed by atoms with E-state index in [1.807, 2.05) is 13.8 Å². The first-order valence-electron chi connectivity index (χ1n) is 43.1. The zero-order valence-corrected chi connectivity index (χ0v) is 72.9. The molecule has 11 aliphatic rings. The standard InChI is InChI=1S/C90H111ClN12O26/c1-38(2)21-54(95-8)82(115)102-72-74(109)44-10-14-58(39(3)22-44)125-62-31-49-32-63(78(62)129-89-79(77(112)76(111)64(37-104)127-89)128-66-36-90(5,92)80(113)40(4)124-66)126-59-15-11-45(29-53(59)91)75(110)73-88(121)101-71(86(119)98-68-47-24-41-23-42(26-47)27-48(68)25-41)52-33-50(105)34-57(107)67(52)51-28-43(9-13-56(51)106)69(84(117)103-73)100-85(118)70(49)99-83(116)55(96-87(72)120)35-65(108)97-81(114)46-12-16-60(122-19-17-93-6)61(30-46)123-20-18-94-7/h9-16,22,28-34,38,40-42,47-48,54-55,64,66,68-77,79-80,89,93-95,104-107,109-113H,17-21,23-27,35-37,92H2,1-8H3,(H,96,120)(H,98,119)(H,99,116)(H,100,118)(H,101,121)(H,102,115)(H,103,117)(H,97,108,114)/t40-,41?,42?,47?,48?,54+,55-,64+,66-,68?,69+,70+,71-,72+,73-,74+,75+,76+,77-,79+,80+,89-,90-/m0/s1. The molecule has 17 rings (SSSR count). The van der Waals surface area contributed by atoms with Crippen LogP contribution in [-0.2, 0) is 52.6 Å². The van der Waals surface area contributed by atoms with E-state index in [0.717, 1.165) is 80.6 Å². The molecule has 6 aromatic carbocycles. The second kappa shape index (κ2) is 39.7. The number of rotatable bonds is 23. The molecule has 15 bridgehead atoms. The highest BCUT2D eigenvalue weighted by Crippen LogP contribution is 2.55. The number of aryl methyl sites for hydroxylation is 1. The fourth-order valence-corrected chi connectivity index (χ4v) is 19.0. The number of phenols is 3. The molecule has 4 saturated carbocycles. The van der Waals surface area contributed by atoms with Crippen molar-refractivity contribution < 1.29 is 127 Å². The number of imide groups is 1. The van der Waals surface area contributed by atoms with Gasteiger partial charge in [0, 0.05) is 53.8 Å². The summed E-state index contributed by atoms with van der Waals surface area (Å²) in [5, 5.41) is 137. The Hall–Kier alpha value is -11.1. The van der Waals surface area contributed by atoms with E-state index >= 15 is 28.8 Å². The number of ether oxygens (including phenoxy) is 8. The Kier molecular flexibility index (Phi) is 28.9. The lowest BCUT2D eigenvalue weighted by molar-refractivity contribution is -0.333. The lowest BCUT2D eigenvalue weighted by Crippen LogP contribution is -2.64. The van der Waals surface area contributed by atoms with Crippen LogP contribution in [0.1, 0.15) is 153 Å². The van der Waals surface area contributed by atoms with E-state index in [1.54, 1.807) is 14.1 Å². The van der Waals surface area contributed by atoms with E-state index in [4.69, 9.17) is 55.2 Å². The molecule has 38 nitrogen and oxygen atoms in total. The lowest BCUT2D eigenvalue weighted by Gasteiger charge is -2.54. The van der Waals surface area contributed by atoms with Gasteiger partial charge >= 0.3 is 0 Å². The molecule has 4 aliphatic carbocycles. The highest BCUT2D eigenvalue weighted by molar-refractivity contribution is 6.32. The average Bonchev–Trinajstić information content (AvgIpc) is 0.756. The lowest BCUT2D eigenvalue weighted by atomic mass is 9.54. The Morgan fingerprint density at radius 1 is 0.651 bits per heavy atom. The molecule has 694 valence electrons. The summed E-state index contributed by atoms with van der Waals surface area (Å²) in [6, 6.07) is 4.54. The smallest absolute Gasteiger partial charge is 0.257 e. The molecule has 0 radical (unpaired) electrons. The number of aliphatic hydroxyl groups excluding tert-OH is 6. The predicted octanol–water partition coefficient (Wildman–Crippen LogP) is 2.29. The van der Waals surface area contributed by atoms with Crippen molar-refractivity contribution in [3.05, 3.63) is 141 Å². The van der Waals surface area contributed by atoms with Gasteiger partial charge in [0.15, 0.2) is 35.4 Å². The van der Waals surface area contributed by atoms with Crippen LogP contribution in [0.15, 0.2) is 97.1 Å². The van der Waals surface area contributed by atoms with Crippen molar-refractivity contribution in [2.45, 2.75) is 201 Å². The molecule has 7 aliphatic heterocycles. The number of likely N-dealkylation sites (N-methyl/N-ethyl adjacent to an activating group) is 3. The third-order valence-electron chi connectivity index (χ3n) is 25.2. The number of amides is 9. The second-order valence-electron chi connectivity index (χ2n) is 35.2. The van der Waals surface area contributed by atoms with Gasteiger partial charge in [-0.1, -0.05) is 43.6 Å². The SMILES string of the molecule is CNCCOc1ccc(C(=O)NC(=O)C[C@@H]2NC(=O)[C@H](NC(=O)[C@@H](CC(C)C)NC)[C@H](O)c3ccc(c(C)c3)Oc3cc4cc(c3O[C@@H]3O[C@H](CO)[C@@H](O)[C@H](O)[C@H]3O[C@H]3C[C@](C)(N)[C@H](O)[C@H](C)O3)Oc3ccc(cc3Cl)[C@@H](O)[C@@H]3NC(=O)[C@H](NC(=O)[C@@H]4NC2=O)c2ccc(O)c(c2)-c2c(O)cc(O)cc2[C@@H](C(=O)NC2C4CC5CC(C4)CC2C5)NC3=O)cc1OCCNC. The Balaban J connectivity index is 0.962. The van der Waals surface area contributed by atoms with E-state index in [-0.39, 0.29) is 111 Å². The minimum atomic E-state index is -2.41. The summed E-state index contributed by atoms with van der Waals surface area (Å²) >= 11 is 7.32. The Morgan fingerprint density at radius 3 is 1.93 bits per heavy atom. The summed E-state index contributed by atoms with van der Waals surface area (Å²) in [7, 11) is 4.90. The molecule has 2 saturated heterocycles. The van der Waals surface area contributed by atoms with Crippen LogP contribution in [0.3, 0.4) is 0 Å². The highest BCUT2D eigenvalue weighted by Gasteiger charge is 2.53. The molecule has 0 unspecified atom stereocenters. The van der Waals surface area contributed by atoms with E-state index in [2.05, 4.69) is 58.5 Å². The Labute approximate surface area is 747 Å². The summed E-state index contributed by atoms with van der Waals surface area (Å²) in [4.78, 5) is 140. The number of nitrogens with one attached hydrogen (secondary N) is 11. The number of carbonyl (C=O) groups is 9. The summed E-state index contributed by atoms with van der Waals surface area (Å²) < 4.78 is 51.4. The first-order valence-corrected chi connectivity index (χ1v) is 43.5. The number of hydrogen-bond acceptors (Lipinski definition) is 30. The van der Waals surface area contributed by atoms with Crippen molar-refractivity contribution in [3.8, 4) is 68.6 Å². The number of carbonyl (C=O) groups excluding carboxylic acids is 9. The number of nitrogens with two attached hydrogens (primary N) is 1. The van der Waals surface area contributed by atoms with E-state index < -0.39 is 227 Å². The van der Waals surface area contributed by atoms with Crippen molar-refractivity contribution in [1.29, 1.82) is 0 Å². The average molecular weight is 1810 g/mol. The monoisotopic (exact) mass is 1810 g/mol. The van der Waals surface area contributed by atoms with Crippen LogP contribution in [0.25, 0.3) is 11.1 Å². The Bertz CT molecular complexity index is 5210. The molecule has 0 aromatic heterocycles. The highest BCUT2D eigenvalue weighted by atomic mass is 35.5. The topological polar surface area (TPSA) is 568 Å². The number of benzene rings is 6. The van der Waals surface area contributed by atoms with Crippen LogP contribution in [0.4, 0.5) is 0 Å². The van der Waals surface area contributed by atoms with Crippen LogP contribution in [0, 0.1) is 36.5 Å². The summed E-state index contributed by atoms with van der Waals surface area (Å²) in [5.74, 6) is -14.0. The Morgan fingerprint density at radius 2 is 1.29 bits per heavy atom. The molecular formula is C90H111ClN12O26. The van der Waals surface area contributed by atoms with Gasteiger partial charge in [-0.05, 0) is 216 Å². The summed E-state index contributed by atoms with van der Waals surface area (Å²) in [5.41, 5.74) is 3.08. The number of hydrogen-bond donors (Lipinski definition) is 21. The fraction of sp³-hybridized carbons (Fsp3) is 0.500. The third-order valence-corrected chi connectivity index (χ3v) is 25.5. The molecule has 6 fully saturated rings. The molecule has 0 spiro atoms. The van der Waals surface area contributed by atoms with Gasteiger partial charge in [-0.2, -0.15) is 0 Å². The van der Waals surface area contributed by atoms with Gasteiger partial charge in [0.05, 0.1) is 36.3 Å². The number of aliphatic hydroxyl groups is 6. The van der Waals surface area contributed by atoms with Crippen LogP contribution < -0.4 is 87.9 Å². The maximum atomic E-state index is 16.8. The first-order chi connectivity index (χ1) is 61.5. The molecule has 9 amide bonds. The first kappa shape index (κ1) is 94.0. The zero-order chi connectivity index (χ0) is 92.5. The summed E-state index contributed by atoms with van der Waals surface area (Å²) in [6.07, 6.45) is -14.4. The van der Waals surface area contributed by atoms with Gasteiger partial charge < -0.3 is 143 Å². The van der Waals surface area contributed by atoms with E-state index in [9.17, 15) is 60.3 Å². The molecule has 129 heavy (non-hydrogen) atoms. The molecule has 39 heteroatoms.